The summed E-state index contributed by atoms with van der Waals surface area (Å²) in [6.45, 7) is 6.57. The van der Waals surface area contributed by atoms with Gasteiger partial charge in [-0.15, -0.1) is 0 Å². The van der Waals surface area contributed by atoms with Crippen LogP contribution in [-0.2, 0) is 9.53 Å². The van der Waals surface area contributed by atoms with Crippen molar-refractivity contribution in [2.45, 2.75) is 82.8 Å². The number of carbonyl (C=O) groups is 1. The highest BCUT2D eigenvalue weighted by molar-refractivity contribution is 5.75. The van der Waals surface area contributed by atoms with Gasteiger partial charge in [-0.05, 0) is 38.1 Å². The van der Waals surface area contributed by atoms with Gasteiger partial charge in [-0.2, -0.15) is 0 Å². The molecule has 0 aromatic heterocycles. The first-order valence-electron chi connectivity index (χ1n) is 10.9. The monoisotopic (exact) mass is 348 g/mol. The van der Waals surface area contributed by atoms with Crippen LogP contribution in [0, 0.1) is 17.8 Å². The fourth-order valence-corrected chi connectivity index (χ4v) is 6.18. The molecule has 4 atom stereocenters. The fraction of sp³-hybridized carbons (Fsp3) is 0.952. The lowest BCUT2D eigenvalue weighted by molar-refractivity contribution is -0.121. The summed E-state index contributed by atoms with van der Waals surface area (Å²) in [5.41, 5.74) is 0.122. The highest BCUT2D eigenvalue weighted by Gasteiger charge is 2.62. The van der Waals surface area contributed by atoms with Crippen LogP contribution in [-0.4, -0.2) is 48.7 Å². The number of carbonyl (C=O) groups excluding carboxylic acids is 1. The smallest absolute Gasteiger partial charge is 0.220 e. The normalized spacial score (nSPS) is 38.2. The van der Waals surface area contributed by atoms with Gasteiger partial charge in [-0.3, -0.25) is 4.79 Å². The van der Waals surface area contributed by atoms with Gasteiger partial charge in [-0.25, -0.2) is 0 Å². The molecular formula is C21H36N2O2. The van der Waals surface area contributed by atoms with Crippen molar-refractivity contribution in [1.29, 1.82) is 0 Å². The molecule has 142 valence electrons. The van der Waals surface area contributed by atoms with Crippen molar-refractivity contribution < 1.29 is 9.53 Å². The molecule has 4 heteroatoms. The number of hydrogen-bond donors (Lipinski definition) is 1. The molecule has 0 aromatic rings. The molecule has 1 amide bonds. The Morgan fingerprint density at radius 2 is 2.08 bits per heavy atom. The summed E-state index contributed by atoms with van der Waals surface area (Å²) in [5.74, 6) is 2.24. The highest BCUT2D eigenvalue weighted by atomic mass is 16.5. The lowest BCUT2D eigenvalue weighted by atomic mass is 9.73. The van der Waals surface area contributed by atoms with E-state index in [-0.39, 0.29) is 11.5 Å². The Morgan fingerprint density at radius 3 is 2.88 bits per heavy atom. The van der Waals surface area contributed by atoms with E-state index in [1.54, 1.807) is 0 Å². The number of nitrogens with zero attached hydrogens (tertiary/aromatic N) is 1. The van der Waals surface area contributed by atoms with Crippen LogP contribution in [0.1, 0.15) is 71.1 Å². The zero-order valence-corrected chi connectivity index (χ0v) is 16.0. The van der Waals surface area contributed by atoms with Gasteiger partial charge in [0.25, 0.3) is 0 Å². The molecule has 3 heterocycles. The average Bonchev–Trinajstić information content (AvgIpc) is 3.27. The third kappa shape index (κ3) is 3.62. The zero-order chi connectivity index (χ0) is 17.3. The van der Waals surface area contributed by atoms with Crippen LogP contribution in [0.25, 0.3) is 0 Å². The van der Waals surface area contributed by atoms with E-state index in [2.05, 4.69) is 17.1 Å². The Balaban J connectivity index is 1.24. The van der Waals surface area contributed by atoms with Crippen molar-refractivity contribution in [1.82, 2.24) is 10.2 Å². The predicted molar refractivity (Wildman–Crippen MR) is 99.4 cm³/mol. The first kappa shape index (κ1) is 17.8. The van der Waals surface area contributed by atoms with Gasteiger partial charge in [0.05, 0.1) is 11.7 Å². The van der Waals surface area contributed by atoms with Gasteiger partial charge < -0.3 is 15.0 Å². The lowest BCUT2D eigenvalue weighted by Crippen LogP contribution is -2.41. The second-order valence-corrected chi connectivity index (χ2v) is 9.11. The molecule has 3 saturated heterocycles. The van der Waals surface area contributed by atoms with Crippen LogP contribution in [0.3, 0.4) is 0 Å². The maximum absolute atomic E-state index is 12.3. The Bertz CT molecular complexity index is 477. The third-order valence-electron chi connectivity index (χ3n) is 7.43. The second kappa shape index (κ2) is 7.56. The molecule has 2 bridgehead atoms. The Labute approximate surface area is 153 Å². The zero-order valence-electron chi connectivity index (χ0n) is 16.0. The summed E-state index contributed by atoms with van der Waals surface area (Å²) in [4.78, 5) is 14.9. The van der Waals surface area contributed by atoms with Crippen LogP contribution >= 0.6 is 0 Å². The Kier molecular flexibility index (Phi) is 5.38. The molecule has 1 saturated carbocycles. The standard InChI is InChI=1S/C21H36N2O2/c1-2-12-23-14-18-17(19-10-11-21(18,15-23)25-19)13-22-20(24)9-8-16-6-4-3-5-7-16/h16-19H,2-15H2,1H3,(H,22,24)/t17-,18+,19+,21+/m0/s1. The van der Waals surface area contributed by atoms with Crippen molar-refractivity contribution in [3.05, 3.63) is 0 Å². The topological polar surface area (TPSA) is 41.6 Å². The first-order valence-corrected chi connectivity index (χ1v) is 10.9. The minimum atomic E-state index is 0.122. The van der Waals surface area contributed by atoms with Gasteiger partial charge >= 0.3 is 0 Å². The molecule has 4 rings (SSSR count). The number of amides is 1. The Morgan fingerprint density at radius 1 is 1.24 bits per heavy atom. The van der Waals surface area contributed by atoms with E-state index in [0.29, 0.717) is 17.9 Å². The fourth-order valence-electron chi connectivity index (χ4n) is 6.18. The van der Waals surface area contributed by atoms with E-state index in [0.717, 1.165) is 31.8 Å². The molecule has 25 heavy (non-hydrogen) atoms. The summed E-state index contributed by atoms with van der Waals surface area (Å²) in [5, 5.41) is 3.27. The maximum Gasteiger partial charge on any atom is 0.220 e. The number of ether oxygens (including phenoxy) is 1. The largest absolute Gasteiger partial charge is 0.370 e. The van der Waals surface area contributed by atoms with E-state index >= 15 is 0 Å². The molecule has 0 aromatic carbocycles. The van der Waals surface area contributed by atoms with Gasteiger partial charge in [-0.1, -0.05) is 39.0 Å². The SMILES string of the molecule is CCCN1C[C@@H]2[C@H](CNC(=O)CCC3CCCCC3)[C@H]3CC[C@]2(C1)O3. The molecule has 3 aliphatic heterocycles. The van der Waals surface area contributed by atoms with Crippen molar-refractivity contribution >= 4 is 5.91 Å². The quantitative estimate of drug-likeness (QED) is 0.767. The van der Waals surface area contributed by atoms with Gasteiger partial charge in [0, 0.05) is 37.9 Å². The molecule has 1 aliphatic carbocycles. The number of nitrogens with one attached hydrogen (secondary N) is 1. The van der Waals surface area contributed by atoms with Crippen molar-refractivity contribution in [3.63, 3.8) is 0 Å². The van der Waals surface area contributed by atoms with Gasteiger partial charge in [0.1, 0.15) is 0 Å². The van der Waals surface area contributed by atoms with Crippen LogP contribution in [0.5, 0.6) is 0 Å². The van der Waals surface area contributed by atoms with E-state index in [4.69, 9.17) is 4.74 Å². The van der Waals surface area contributed by atoms with Crippen molar-refractivity contribution in [2.24, 2.45) is 17.8 Å². The van der Waals surface area contributed by atoms with Crippen molar-refractivity contribution in [2.75, 3.05) is 26.2 Å². The van der Waals surface area contributed by atoms with E-state index in [1.165, 1.54) is 64.5 Å². The first-order chi connectivity index (χ1) is 12.2. The molecule has 4 nitrogen and oxygen atoms in total. The maximum atomic E-state index is 12.3. The molecule has 0 unspecified atom stereocenters. The number of hydrogen-bond acceptors (Lipinski definition) is 3. The molecular weight excluding hydrogens is 312 g/mol. The molecule has 0 radical (unpaired) electrons. The van der Waals surface area contributed by atoms with Crippen LogP contribution in [0.15, 0.2) is 0 Å². The summed E-state index contributed by atoms with van der Waals surface area (Å²) < 4.78 is 6.47. The van der Waals surface area contributed by atoms with Crippen LogP contribution in [0.2, 0.25) is 0 Å². The second-order valence-electron chi connectivity index (χ2n) is 9.11. The van der Waals surface area contributed by atoms with Crippen LogP contribution in [0.4, 0.5) is 0 Å². The number of fused-ring (bicyclic) bond motifs is 1. The van der Waals surface area contributed by atoms with Gasteiger partial charge in [0.15, 0.2) is 0 Å². The third-order valence-corrected chi connectivity index (χ3v) is 7.43. The summed E-state index contributed by atoms with van der Waals surface area (Å²) in [6, 6.07) is 0. The van der Waals surface area contributed by atoms with E-state index < -0.39 is 0 Å². The predicted octanol–water partition coefficient (Wildman–Crippen LogP) is 3.35. The molecule has 1 spiro atoms. The van der Waals surface area contributed by atoms with Crippen molar-refractivity contribution in [3.8, 4) is 0 Å². The summed E-state index contributed by atoms with van der Waals surface area (Å²) in [7, 11) is 0. The molecule has 4 fully saturated rings. The van der Waals surface area contributed by atoms with Gasteiger partial charge in [0.2, 0.25) is 5.91 Å². The number of likely N-dealkylation sites (tertiary alicyclic amines) is 1. The molecule has 4 aliphatic rings. The number of rotatable bonds is 7. The minimum Gasteiger partial charge on any atom is -0.370 e. The summed E-state index contributed by atoms with van der Waals surface area (Å²) in [6.07, 6.45) is 12.7. The van der Waals surface area contributed by atoms with Crippen LogP contribution < -0.4 is 5.32 Å². The molecule has 1 N–H and O–H groups in total. The Hall–Kier alpha value is -0.610. The summed E-state index contributed by atoms with van der Waals surface area (Å²) >= 11 is 0. The average molecular weight is 349 g/mol. The minimum absolute atomic E-state index is 0.122. The van der Waals surface area contributed by atoms with E-state index in [9.17, 15) is 4.79 Å². The lowest BCUT2D eigenvalue weighted by Gasteiger charge is -2.29. The van der Waals surface area contributed by atoms with E-state index in [1.807, 2.05) is 0 Å². The highest BCUT2D eigenvalue weighted by Crippen LogP contribution is 2.54.